The SMILES string of the molecule is CC(Cc1ccc(O)c(CC(C)Oc2ccc(-c3ccccc3)c(-c3ccccc3)c2-c2ccccc2)c1CC(C)Oc1ccc(-c2ccccc2)c(-c2ccccc2)c1-c1ccccc1)Oc1ccc(-c2ccccc2)c(-c2ccccc2)c1-c1ccccc1. The maximum atomic E-state index is 12.5. The number of benzene rings is 13. The molecule has 0 saturated carbocycles. The van der Waals surface area contributed by atoms with E-state index in [4.69, 9.17) is 14.2 Å². The van der Waals surface area contributed by atoms with E-state index in [0.29, 0.717) is 19.3 Å². The van der Waals surface area contributed by atoms with Gasteiger partial charge in [-0.25, -0.2) is 0 Å². The Balaban J connectivity index is 0.914. The van der Waals surface area contributed by atoms with E-state index >= 15 is 0 Å². The van der Waals surface area contributed by atoms with Crippen LogP contribution in [-0.2, 0) is 19.3 Å². The van der Waals surface area contributed by atoms with E-state index in [9.17, 15) is 5.11 Å². The van der Waals surface area contributed by atoms with Crippen molar-refractivity contribution >= 4 is 0 Å². The van der Waals surface area contributed by atoms with Crippen molar-refractivity contribution in [2.24, 2.45) is 0 Å². The van der Waals surface area contributed by atoms with E-state index in [1.165, 1.54) is 0 Å². The van der Waals surface area contributed by atoms with Gasteiger partial charge in [-0.1, -0.05) is 297 Å². The second kappa shape index (κ2) is 27.6. The van der Waals surface area contributed by atoms with Crippen molar-refractivity contribution in [2.75, 3.05) is 0 Å². The molecule has 0 aliphatic heterocycles. The predicted octanol–water partition coefficient (Wildman–Crippen LogP) is 22.4. The van der Waals surface area contributed by atoms with Gasteiger partial charge in [0, 0.05) is 58.2 Å². The minimum absolute atomic E-state index is 0.210. The average Bonchev–Trinajstić information content (AvgIpc) is 1.42. The summed E-state index contributed by atoms with van der Waals surface area (Å²) in [6.07, 6.45) is 0.352. The molecule has 0 aliphatic rings. The lowest BCUT2D eigenvalue weighted by atomic mass is 9.86. The third kappa shape index (κ3) is 13.1. The fourth-order valence-electron chi connectivity index (χ4n) is 13.1. The van der Waals surface area contributed by atoms with Gasteiger partial charge in [0.05, 0.1) is 12.2 Å². The van der Waals surface area contributed by atoms with Gasteiger partial charge in [-0.2, -0.15) is 0 Å². The largest absolute Gasteiger partial charge is 0.508 e. The lowest BCUT2D eigenvalue weighted by Crippen LogP contribution is -2.23. The molecule has 0 spiro atoms. The van der Waals surface area contributed by atoms with Gasteiger partial charge in [0.1, 0.15) is 29.1 Å². The van der Waals surface area contributed by atoms with E-state index in [-0.39, 0.29) is 18.0 Å². The molecule has 13 aromatic carbocycles. The highest BCUT2D eigenvalue weighted by molar-refractivity contribution is 6.00. The van der Waals surface area contributed by atoms with Gasteiger partial charge >= 0.3 is 0 Å². The maximum absolute atomic E-state index is 12.5. The first-order valence-electron chi connectivity index (χ1n) is 31.6. The van der Waals surface area contributed by atoms with Crippen molar-refractivity contribution in [1.82, 2.24) is 0 Å². The third-order valence-electron chi connectivity index (χ3n) is 17.1. The van der Waals surface area contributed by atoms with Crippen LogP contribution in [0.3, 0.4) is 0 Å². The van der Waals surface area contributed by atoms with Crippen LogP contribution in [0.15, 0.2) is 322 Å². The molecule has 3 atom stereocenters. The fraction of sp³-hybridized carbons (Fsp3) is 0.103. The molecule has 0 bridgehead atoms. The Morgan fingerprint density at radius 3 is 0.736 bits per heavy atom. The minimum atomic E-state index is -0.393. The minimum Gasteiger partial charge on any atom is -0.508 e. The lowest BCUT2D eigenvalue weighted by molar-refractivity contribution is 0.212. The van der Waals surface area contributed by atoms with Crippen LogP contribution in [0.4, 0.5) is 0 Å². The van der Waals surface area contributed by atoms with Crippen molar-refractivity contribution in [1.29, 1.82) is 0 Å². The summed E-state index contributed by atoms with van der Waals surface area (Å²) in [5, 5.41) is 12.5. The second-order valence-electron chi connectivity index (χ2n) is 23.5. The van der Waals surface area contributed by atoms with Gasteiger partial charge in [-0.15, -0.1) is 0 Å². The molecule has 0 saturated heterocycles. The Morgan fingerprint density at radius 1 is 0.231 bits per heavy atom. The molecule has 0 radical (unpaired) electrons. The Labute approximate surface area is 536 Å². The molecule has 91 heavy (non-hydrogen) atoms. The van der Waals surface area contributed by atoms with Crippen LogP contribution in [0.2, 0.25) is 0 Å². The Kier molecular flexibility index (Phi) is 17.9. The summed E-state index contributed by atoms with van der Waals surface area (Å²) in [5.74, 6) is 2.54. The van der Waals surface area contributed by atoms with Crippen LogP contribution in [0.1, 0.15) is 37.5 Å². The fourth-order valence-corrected chi connectivity index (χ4v) is 13.1. The smallest absolute Gasteiger partial charge is 0.128 e. The molecule has 0 fully saturated rings. The van der Waals surface area contributed by atoms with Gasteiger partial charge < -0.3 is 19.3 Å². The molecule has 0 amide bonds. The standard InChI is InChI=1S/C87H72O4/c1-60(89-79-54-50-73(63-31-13-4-14-32-63)82(66-37-19-7-20-38-66)85(79)69-43-25-10-26-44-69)57-72-49-53-78(88)77(59-62(3)91-81-56-52-75(65-35-17-6-18-36-65)84(68-41-23-9-24-42-68)87(81)71-47-29-12-30-48-71)76(72)58-61(2)90-80-55-51-74(64-33-15-5-16-34-64)83(67-39-21-8-22-40-67)86(80)70-45-27-11-28-46-70/h4-56,60-62,88H,57-59H2,1-3H3. The molecule has 3 unspecified atom stereocenters. The number of rotatable bonds is 21. The molecule has 444 valence electrons. The summed E-state index contributed by atoms with van der Waals surface area (Å²) >= 11 is 0. The van der Waals surface area contributed by atoms with Crippen LogP contribution >= 0.6 is 0 Å². The predicted molar refractivity (Wildman–Crippen MR) is 378 cm³/mol. The first-order chi connectivity index (χ1) is 44.8. The van der Waals surface area contributed by atoms with E-state index in [1.807, 2.05) is 6.07 Å². The van der Waals surface area contributed by atoms with Gasteiger partial charge in [0.25, 0.3) is 0 Å². The van der Waals surface area contributed by atoms with Crippen LogP contribution < -0.4 is 14.2 Å². The first-order valence-corrected chi connectivity index (χ1v) is 31.6. The Morgan fingerprint density at radius 2 is 0.462 bits per heavy atom. The summed E-state index contributed by atoms with van der Waals surface area (Å²) in [6.45, 7) is 6.42. The summed E-state index contributed by atoms with van der Waals surface area (Å²) < 4.78 is 22.0. The molecule has 13 rings (SSSR count). The molecular formula is C87H72O4. The monoisotopic (exact) mass is 1180 g/mol. The van der Waals surface area contributed by atoms with Crippen LogP contribution in [0.25, 0.3) is 100 Å². The Hall–Kier alpha value is -10.9. The van der Waals surface area contributed by atoms with Gasteiger partial charge in [0.15, 0.2) is 0 Å². The highest BCUT2D eigenvalue weighted by Crippen LogP contribution is 2.49. The summed E-state index contributed by atoms with van der Waals surface area (Å²) in [7, 11) is 0. The molecular weight excluding hydrogens is 1110 g/mol. The quantitative estimate of drug-likeness (QED) is 0.0779. The van der Waals surface area contributed by atoms with Crippen molar-refractivity contribution in [2.45, 2.75) is 58.3 Å². The van der Waals surface area contributed by atoms with Gasteiger partial charge in [-0.3, -0.25) is 0 Å². The summed E-state index contributed by atoms with van der Waals surface area (Å²) in [4.78, 5) is 0. The molecule has 0 aliphatic carbocycles. The third-order valence-corrected chi connectivity index (χ3v) is 17.1. The summed E-state index contributed by atoms with van der Waals surface area (Å²) in [6, 6.07) is 112. The normalized spacial score (nSPS) is 12.2. The zero-order chi connectivity index (χ0) is 61.9. The molecule has 4 nitrogen and oxygen atoms in total. The van der Waals surface area contributed by atoms with Crippen LogP contribution in [0, 0.1) is 0 Å². The average molecular weight is 1180 g/mol. The molecule has 0 aromatic heterocycles. The number of aromatic hydroxyl groups is 1. The highest BCUT2D eigenvalue weighted by Gasteiger charge is 2.27. The number of phenols is 1. The molecule has 0 heterocycles. The van der Waals surface area contributed by atoms with E-state index in [0.717, 1.165) is 134 Å². The van der Waals surface area contributed by atoms with Crippen molar-refractivity contribution in [3.8, 4) is 123 Å². The highest BCUT2D eigenvalue weighted by atomic mass is 16.5. The topological polar surface area (TPSA) is 47.9 Å². The number of phenolic OH excluding ortho intramolecular Hbond substituents is 1. The summed E-state index contributed by atoms with van der Waals surface area (Å²) in [5.41, 5.74) is 22.4. The molecule has 4 heteroatoms. The Bertz CT molecular complexity index is 4520. The molecule has 13 aromatic rings. The van der Waals surface area contributed by atoms with Crippen molar-refractivity contribution in [3.63, 3.8) is 0 Å². The van der Waals surface area contributed by atoms with Crippen LogP contribution in [0.5, 0.6) is 23.0 Å². The van der Waals surface area contributed by atoms with Crippen molar-refractivity contribution < 1.29 is 19.3 Å². The van der Waals surface area contributed by atoms with E-state index in [1.54, 1.807) is 0 Å². The second-order valence-corrected chi connectivity index (χ2v) is 23.5. The van der Waals surface area contributed by atoms with Crippen LogP contribution in [-0.4, -0.2) is 23.4 Å². The number of ether oxygens (including phenoxy) is 3. The lowest BCUT2D eigenvalue weighted by Gasteiger charge is -2.27. The number of hydrogen-bond donors (Lipinski definition) is 1. The molecule has 1 N–H and O–H groups in total. The zero-order valence-electron chi connectivity index (χ0n) is 51.6. The first kappa shape index (κ1) is 59.0. The number of hydrogen-bond acceptors (Lipinski definition) is 4. The van der Waals surface area contributed by atoms with Gasteiger partial charge in [-0.05, 0) is 123 Å². The van der Waals surface area contributed by atoms with E-state index in [2.05, 4.69) is 336 Å². The van der Waals surface area contributed by atoms with E-state index < -0.39 is 6.10 Å². The van der Waals surface area contributed by atoms with Crippen molar-refractivity contribution in [3.05, 3.63) is 338 Å². The van der Waals surface area contributed by atoms with Gasteiger partial charge in [0.2, 0.25) is 0 Å². The zero-order valence-corrected chi connectivity index (χ0v) is 51.6. The maximum Gasteiger partial charge on any atom is 0.128 e.